The molecular weight excluding hydrogens is 289 g/mol. The van der Waals surface area contributed by atoms with E-state index < -0.39 is 17.9 Å². The highest BCUT2D eigenvalue weighted by atomic mass is 19.4. The summed E-state index contributed by atoms with van der Waals surface area (Å²) in [6, 6.07) is 0.403. The third-order valence-corrected chi connectivity index (χ3v) is 2.84. The van der Waals surface area contributed by atoms with Crippen LogP contribution in [-0.2, 0) is 6.18 Å². The van der Waals surface area contributed by atoms with Crippen LogP contribution in [0, 0.1) is 0 Å². The highest BCUT2D eigenvalue weighted by Crippen LogP contribution is 2.25. The number of carbonyl (C=O) groups excluding carboxylic acids is 1. The average Bonchev–Trinajstić information content (AvgIpc) is 2.76. The van der Waals surface area contributed by atoms with Crippen molar-refractivity contribution in [3.63, 3.8) is 0 Å². The van der Waals surface area contributed by atoms with Gasteiger partial charge in [-0.2, -0.15) is 18.2 Å². The molecule has 1 aromatic heterocycles. The molecule has 3 rings (SSSR count). The van der Waals surface area contributed by atoms with Crippen LogP contribution in [-0.4, -0.2) is 21.3 Å². The zero-order valence-electron chi connectivity index (χ0n) is 10.2. The van der Waals surface area contributed by atoms with Gasteiger partial charge in [-0.15, -0.1) is 0 Å². The first-order chi connectivity index (χ1) is 9.84. The Kier molecular flexibility index (Phi) is 2.80. The molecule has 0 aromatic carbocycles. The minimum absolute atomic E-state index is 0.115. The molecule has 0 atom stereocenters. The molecule has 2 aliphatic rings. The van der Waals surface area contributed by atoms with Crippen LogP contribution < -0.4 is 16.0 Å². The van der Waals surface area contributed by atoms with E-state index in [2.05, 4.69) is 15.3 Å². The fourth-order valence-electron chi connectivity index (χ4n) is 1.95. The fourth-order valence-corrected chi connectivity index (χ4v) is 1.95. The first kappa shape index (κ1) is 13.3. The van der Waals surface area contributed by atoms with Gasteiger partial charge in [0.1, 0.15) is 0 Å². The molecule has 21 heavy (non-hydrogen) atoms. The number of nitrogens with zero attached hydrogens (tertiary/aromatic N) is 3. The summed E-state index contributed by atoms with van der Waals surface area (Å²) in [5.74, 6) is 0. The molecule has 0 bridgehead atoms. The molecule has 0 saturated carbocycles. The van der Waals surface area contributed by atoms with Crippen LogP contribution in [0.15, 0.2) is 35.6 Å². The number of anilines is 1. The monoisotopic (exact) mass is 296 g/mol. The van der Waals surface area contributed by atoms with Gasteiger partial charge in [-0.1, -0.05) is 0 Å². The summed E-state index contributed by atoms with van der Waals surface area (Å²) < 4.78 is 39.3. The third-order valence-electron chi connectivity index (χ3n) is 2.84. The molecule has 0 saturated heterocycles. The Balaban J connectivity index is 2.33. The van der Waals surface area contributed by atoms with E-state index in [1.54, 1.807) is 0 Å². The van der Waals surface area contributed by atoms with Gasteiger partial charge in [0.15, 0.2) is 11.2 Å². The number of allylic oxidation sites excluding steroid dienone is 2. The molecule has 6 nitrogen and oxygen atoms in total. The van der Waals surface area contributed by atoms with Crippen LogP contribution in [0.3, 0.4) is 0 Å². The van der Waals surface area contributed by atoms with E-state index in [0.717, 1.165) is 6.07 Å². The van der Waals surface area contributed by atoms with Crippen LogP contribution in [0.5, 0.6) is 0 Å². The molecule has 9 heteroatoms. The van der Waals surface area contributed by atoms with Crippen molar-refractivity contribution in [2.24, 2.45) is 4.99 Å². The van der Waals surface area contributed by atoms with Crippen molar-refractivity contribution < 1.29 is 23.2 Å². The molecular formula is C12H7F3N4O2. The zero-order valence-corrected chi connectivity index (χ0v) is 10.2. The van der Waals surface area contributed by atoms with Gasteiger partial charge in [0.25, 0.3) is 0 Å². The number of rotatable bonds is 0. The van der Waals surface area contributed by atoms with Crippen molar-refractivity contribution >= 4 is 17.3 Å². The predicted molar refractivity (Wildman–Crippen MR) is 64.4 cm³/mol. The quantitative estimate of drug-likeness (QED) is 0.753. The standard InChI is InChI=1S/C12H7F3N4O2/c13-12(14,15)9-7(6-1-3-19(21)4-2-6)5-8-10(17-9)18-11(20)16-8/h1-5,21H,(H,16,20). The maximum atomic E-state index is 13.1. The molecule has 0 unspecified atom stereocenters. The second-order valence-electron chi connectivity index (χ2n) is 4.26. The van der Waals surface area contributed by atoms with E-state index >= 15 is 0 Å². The number of aromatic nitrogens is 1. The minimum Gasteiger partial charge on any atom is -0.303 e. The average molecular weight is 296 g/mol. The second kappa shape index (κ2) is 4.42. The highest BCUT2D eigenvalue weighted by molar-refractivity contribution is 5.93. The Morgan fingerprint density at radius 1 is 1.24 bits per heavy atom. The Bertz CT molecular complexity index is 795. The number of pyridine rings is 1. The number of alkyl halides is 3. The van der Waals surface area contributed by atoms with Gasteiger partial charge in [-0.05, 0) is 23.8 Å². The molecule has 0 spiro atoms. The van der Waals surface area contributed by atoms with E-state index in [1.165, 1.54) is 24.6 Å². The highest BCUT2D eigenvalue weighted by Gasteiger charge is 2.35. The lowest BCUT2D eigenvalue weighted by Crippen LogP contribution is -2.29. The summed E-state index contributed by atoms with van der Waals surface area (Å²) in [4.78, 5) is 17.9. The summed E-state index contributed by atoms with van der Waals surface area (Å²) in [6.07, 6.45) is 0.271. The number of hydrogen-bond donors (Lipinski definition) is 2. The lowest BCUT2D eigenvalue weighted by molar-refractivity contribution is -0.142. The van der Waals surface area contributed by atoms with Gasteiger partial charge < -0.3 is 5.32 Å². The van der Waals surface area contributed by atoms with E-state index in [-0.39, 0.29) is 22.0 Å². The summed E-state index contributed by atoms with van der Waals surface area (Å²) >= 11 is 0. The van der Waals surface area contributed by atoms with Crippen molar-refractivity contribution in [3.05, 3.63) is 47.0 Å². The molecule has 2 amide bonds. The number of carbonyl (C=O) groups is 1. The maximum Gasteiger partial charge on any atom is 0.434 e. The van der Waals surface area contributed by atoms with E-state index in [1.807, 2.05) is 0 Å². The van der Waals surface area contributed by atoms with Crippen LogP contribution in [0.2, 0.25) is 0 Å². The number of hydroxylamine groups is 2. The lowest BCUT2D eigenvalue weighted by atomic mass is 10.1. The molecule has 3 heterocycles. The summed E-state index contributed by atoms with van der Waals surface area (Å²) in [5.41, 5.74) is -1.12. The molecule has 2 aliphatic heterocycles. The smallest absolute Gasteiger partial charge is 0.303 e. The van der Waals surface area contributed by atoms with E-state index in [4.69, 9.17) is 5.21 Å². The van der Waals surface area contributed by atoms with Gasteiger partial charge in [0.2, 0.25) is 0 Å². The largest absolute Gasteiger partial charge is 0.434 e. The third kappa shape index (κ3) is 2.38. The predicted octanol–water partition coefficient (Wildman–Crippen LogP) is 1.15. The number of hydrogen-bond acceptors (Lipinski definition) is 4. The Morgan fingerprint density at radius 3 is 2.52 bits per heavy atom. The molecule has 2 N–H and O–H groups in total. The van der Waals surface area contributed by atoms with Crippen molar-refractivity contribution in [1.82, 2.24) is 10.0 Å². The van der Waals surface area contributed by atoms with Crippen molar-refractivity contribution in [2.45, 2.75) is 6.18 Å². The van der Waals surface area contributed by atoms with Crippen LogP contribution >= 0.6 is 0 Å². The lowest BCUT2D eigenvalue weighted by Gasteiger charge is -2.12. The summed E-state index contributed by atoms with van der Waals surface area (Å²) in [5, 5.41) is 11.9. The van der Waals surface area contributed by atoms with Gasteiger partial charge >= 0.3 is 12.2 Å². The number of fused-ring (bicyclic) bond motifs is 1. The Hall–Kier alpha value is -2.68. The van der Waals surface area contributed by atoms with Crippen molar-refractivity contribution in [3.8, 4) is 0 Å². The van der Waals surface area contributed by atoms with Crippen LogP contribution in [0.25, 0.3) is 5.57 Å². The SMILES string of the molecule is O=C1N=c2nc(C(F)(F)F)c(=C3C=CN(O)C=C3)cc2N1. The van der Waals surface area contributed by atoms with Gasteiger partial charge in [-0.3, -0.25) is 5.21 Å². The van der Waals surface area contributed by atoms with E-state index in [9.17, 15) is 18.0 Å². The van der Waals surface area contributed by atoms with Gasteiger partial charge in [0, 0.05) is 17.6 Å². The molecule has 0 fully saturated rings. The number of halogens is 3. The topological polar surface area (TPSA) is 77.8 Å². The first-order valence-electron chi connectivity index (χ1n) is 5.70. The second-order valence-corrected chi connectivity index (χ2v) is 4.26. The number of nitrogens with one attached hydrogen (secondary N) is 1. The number of amides is 2. The minimum atomic E-state index is -4.70. The molecule has 0 aliphatic carbocycles. The van der Waals surface area contributed by atoms with Crippen molar-refractivity contribution in [2.75, 3.05) is 5.32 Å². The van der Waals surface area contributed by atoms with Crippen molar-refractivity contribution in [1.29, 1.82) is 0 Å². The van der Waals surface area contributed by atoms with Crippen LogP contribution in [0.4, 0.5) is 23.7 Å². The first-order valence-corrected chi connectivity index (χ1v) is 5.70. The molecule has 1 aromatic rings. The summed E-state index contributed by atoms with van der Waals surface area (Å²) in [6.45, 7) is 0. The Labute approximate surface area is 115 Å². The number of urea groups is 1. The zero-order chi connectivity index (χ0) is 15.2. The van der Waals surface area contributed by atoms with Gasteiger partial charge in [0.05, 0.1) is 5.69 Å². The summed E-state index contributed by atoms with van der Waals surface area (Å²) in [7, 11) is 0. The van der Waals surface area contributed by atoms with E-state index in [0.29, 0.717) is 5.06 Å². The fraction of sp³-hybridized carbons (Fsp3) is 0.0833. The maximum absolute atomic E-state index is 13.1. The Morgan fingerprint density at radius 2 is 1.90 bits per heavy atom. The molecule has 108 valence electrons. The van der Waals surface area contributed by atoms with Crippen LogP contribution in [0.1, 0.15) is 5.69 Å². The van der Waals surface area contributed by atoms with Gasteiger partial charge in [-0.25, -0.2) is 14.8 Å². The molecule has 0 radical (unpaired) electrons. The normalized spacial score (nSPS) is 16.9.